The Morgan fingerprint density at radius 2 is 0.804 bits per heavy atom. The standard InChI is InChI=1S/C31H33O2S.C26H29OS.C20H12F3OS.C14H11S/c1-19-11-25(34-28-9-5-3-7-26(28)27-8-4-6-10-29(27)34)12-20(2)30(19)32-18-33-31-23-14-21-13-22(16-23)17-24(31)15-21;1-4-5-6-11-16-27-26-19(2)17-21(18-20(26)3)28-24-14-9-7-12-22(24)23-13-8-10-15-25(23)28;21-20(22,23)13-10-11-18-16(12-13)19(24)15-8-4-5-9-17(15)25(18)14-6-2-1-3-7-14;1-2-7-13(8-3-1)15-11-10-12-6-4-5-9-14(12)15/h3-12,21-24,31H,13-18H2,1-2H3;7-10,12-15,17-18H,4-6,11,16H2,1-3H3;1-12H;1-11H/q4*+1. The van der Waals surface area contributed by atoms with Crippen LogP contribution in [0.4, 0.5) is 13.2 Å². The second-order valence-electron chi connectivity index (χ2n) is 27.7. The van der Waals surface area contributed by atoms with Crippen LogP contribution >= 0.6 is 41.9 Å². The van der Waals surface area contributed by atoms with Crippen LogP contribution in [0.15, 0.2) is 265 Å². The number of alkyl halides is 3. The largest absolute Gasteiger partial charge is 0.493 e. The van der Waals surface area contributed by atoms with Crippen LogP contribution < -0.4 is 14.9 Å². The molecule has 0 amide bonds. The molecule has 19 rings (SSSR count). The normalized spacial score (nSPS) is 17.2. The highest BCUT2D eigenvalue weighted by atomic mass is 32.2. The van der Waals surface area contributed by atoms with Crippen LogP contribution in [0.2, 0.25) is 0 Å². The van der Waals surface area contributed by atoms with Gasteiger partial charge in [-0.25, -0.2) is 0 Å². The van der Waals surface area contributed by atoms with Gasteiger partial charge in [-0.1, -0.05) is 135 Å². The Labute approximate surface area is 606 Å². The lowest BCUT2D eigenvalue weighted by molar-refractivity contribution is -0.155. The van der Waals surface area contributed by atoms with Crippen molar-refractivity contribution in [3.63, 3.8) is 0 Å². The zero-order chi connectivity index (χ0) is 70.0. The van der Waals surface area contributed by atoms with Gasteiger partial charge < -0.3 is 14.2 Å². The number of unbranched alkanes of at least 4 members (excludes halogenated alkanes) is 3. The fourth-order valence-corrected chi connectivity index (χ4v) is 25.9. The first kappa shape index (κ1) is 68.8. The first-order chi connectivity index (χ1) is 49.8. The number of benzene rings is 11. The summed E-state index contributed by atoms with van der Waals surface area (Å²) >= 11 is 0. The molecule has 4 heterocycles. The summed E-state index contributed by atoms with van der Waals surface area (Å²) in [6, 6.07) is 86.6. The fourth-order valence-electron chi connectivity index (χ4n) is 16.5. The molecule has 4 aromatic heterocycles. The molecule has 4 nitrogen and oxygen atoms in total. The Hall–Kier alpha value is -8.94. The van der Waals surface area contributed by atoms with Crippen LogP contribution in [0.1, 0.15) is 92.5 Å². The van der Waals surface area contributed by atoms with Gasteiger partial charge >= 0.3 is 6.18 Å². The minimum absolute atomic E-state index is 0.0350. The predicted molar refractivity (Wildman–Crippen MR) is 431 cm³/mol. The Kier molecular flexibility index (Phi) is 20.4. The van der Waals surface area contributed by atoms with E-state index in [4.69, 9.17) is 14.2 Å². The van der Waals surface area contributed by atoms with Gasteiger partial charge in [0.15, 0.2) is 59.3 Å². The molecule has 2 atom stereocenters. The van der Waals surface area contributed by atoms with E-state index in [1.165, 1.54) is 145 Å². The minimum atomic E-state index is -4.47. The van der Waals surface area contributed by atoms with Crippen LogP contribution in [0, 0.1) is 51.4 Å². The summed E-state index contributed by atoms with van der Waals surface area (Å²) in [7, 11) is -0.551. The first-order valence-corrected chi connectivity index (χ1v) is 40.9. The van der Waals surface area contributed by atoms with Crippen LogP contribution in [-0.4, -0.2) is 19.5 Å². The Morgan fingerprint density at radius 1 is 0.392 bits per heavy atom. The van der Waals surface area contributed by atoms with Gasteiger partial charge in [-0.2, -0.15) is 13.2 Å². The van der Waals surface area contributed by atoms with Crippen molar-refractivity contribution >= 4 is 112 Å². The number of aryl methyl sites for hydroxylation is 4. The molecule has 4 bridgehead atoms. The van der Waals surface area contributed by atoms with E-state index in [1.807, 2.05) is 42.5 Å². The molecule has 4 aliphatic carbocycles. The fraction of sp³-hybridized carbons (Fsp3) is 0.242. The van der Waals surface area contributed by atoms with Gasteiger partial charge in [0.05, 0.1) is 29.0 Å². The lowest BCUT2D eigenvalue weighted by Crippen LogP contribution is -2.49. The van der Waals surface area contributed by atoms with E-state index in [-0.39, 0.29) is 42.2 Å². The topological polar surface area (TPSA) is 44.8 Å². The van der Waals surface area contributed by atoms with E-state index >= 15 is 0 Å². The molecule has 0 N–H and O–H groups in total. The third-order valence-electron chi connectivity index (χ3n) is 20.8. The van der Waals surface area contributed by atoms with Crippen molar-refractivity contribution in [1.29, 1.82) is 0 Å². The average molecular weight is 1430 g/mol. The predicted octanol–water partition coefficient (Wildman–Crippen LogP) is 27.5. The van der Waals surface area contributed by atoms with Gasteiger partial charge in [0, 0.05) is 99.1 Å². The molecule has 514 valence electrons. The maximum Gasteiger partial charge on any atom is 0.416 e. The highest BCUT2D eigenvalue weighted by Crippen LogP contribution is 2.56. The van der Waals surface area contributed by atoms with Crippen molar-refractivity contribution in [1.82, 2.24) is 0 Å². The van der Waals surface area contributed by atoms with E-state index in [0.717, 1.165) is 69.9 Å². The summed E-state index contributed by atoms with van der Waals surface area (Å²) in [5, 5.41) is 9.80. The summed E-state index contributed by atoms with van der Waals surface area (Å²) in [5.74, 6) is 5.57. The monoisotopic (exact) mass is 1430 g/mol. The lowest BCUT2D eigenvalue weighted by Gasteiger charge is -2.53. The number of fused-ring (bicyclic) bond motifs is 9. The molecule has 0 saturated heterocycles. The Morgan fingerprint density at radius 3 is 1.29 bits per heavy atom. The van der Waals surface area contributed by atoms with Gasteiger partial charge in [-0.3, -0.25) is 4.79 Å². The van der Waals surface area contributed by atoms with Gasteiger partial charge in [0.25, 0.3) is 0 Å². The van der Waals surface area contributed by atoms with Crippen molar-refractivity contribution < 1.29 is 27.4 Å². The molecular formula is C91H85F3O4S4+4. The Balaban J connectivity index is 0.000000114. The van der Waals surface area contributed by atoms with Gasteiger partial charge in [-0.15, -0.1) is 0 Å². The van der Waals surface area contributed by atoms with E-state index in [2.05, 4.69) is 222 Å². The lowest BCUT2D eigenvalue weighted by atomic mass is 9.55. The third kappa shape index (κ3) is 14.0. The van der Waals surface area contributed by atoms with Crippen molar-refractivity contribution in [2.24, 2.45) is 23.7 Å². The van der Waals surface area contributed by atoms with Gasteiger partial charge in [-0.05, 0) is 227 Å². The molecule has 11 heteroatoms. The second kappa shape index (κ2) is 30.2. The van der Waals surface area contributed by atoms with Crippen LogP contribution in [0.25, 0.3) is 90.2 Å². The van der Waals surface area contributed by atoms with Gasteiger partial charge in [0.2, 0.25) is 5.43 Å². The number of ether oxygens (including phenoxy) is 3. The maximum atomic E-state index is 13.1. The first-order valence-electron chi connectivity index (χ1n) is 35.9. The highest BCUT2D eigenvalue weighted by molar-refractivity contribution is 7.51. The summed E-state index contributed by atoms with van der Waals surface area (Å²) in [6.07, 6.45) is 7.91. The zero-order valence-electron chi connectivity index (χ0n) is 58.4. The molecule has 4 fully saturated rings. The molecule has 11 aromatic carbocycles. The van der Waals surface area contributed by atoms with Crippen molar-refractivity contribution in [3.8, 4) is 31.1 Å². The van der Waals surface area contributed by atoms with Crippen LogP contribution in [0.5, 0.6) is 11.5 Å². The molecule has 2 unspecified atom stereocenters. The van der Waals surface area contributed by atoms with Crippen molar-refractivity contribution in [2.75, 3.05) is 13.4 Å². The molecule has 0 aliphatic heterocycles. The van der Waals surface area contributed by atoms with E-state index in [0.29, 0.717) is 23.0 Å². The molecule has 15 aromatic rings. The highest BCUT2D eigenvalue weighted by Gasteiger charge is 2.49. The van der Waals surface area contributed by atoms with E-state index in [9.17, 15) is 18.0 Å². The van der Waals surface area contributed by atoms with Crippen LogP contribution in [0.3, 0.4) is 0 Å². The van der Waals surface area contributed by atoms with Crippen molar-refractivity contribution in [2.45, 2.75) is 105 Å². The quantitative estimate of drug-likeness (QED) is 0.0471. The summed E-state index contributed by atoms with van der Waals surface area (Å²) in [6.45, 7) is 12.2. The Bertz CT molecular complexity index is 5390. The summed E-state index contributed by atoms with van der Waals surface area (Å²) in [5.41, 5.74) is 3.77. The summed E-state index contributed by atoms with van der Waals surface area (Å²) < 4.78 is 66.9. The van der Waals surface area contributed by atoms with Crippen LogP contribution in [-0.2, 0) is 10.9 Å². The van der Waals surface area contributed by atoms with Gasteiger partial charge in [0.1, 0.15) is 16.9 Å². The molecule has 0 spiro atoms. The molecule has 4 aliphatic rings. The number of rotatable bonds is 14. The smallest absolute Gasteiger partial charge is 0.416 e. The van der Waals surface area contributed by atoms with E-state index in [1.54, 1.807) is 12.1 Å². The minimum Gasteiger partial charge on any atom is -0.493 e. The second-order valence-corrected chi connectivity index (χ2v) is 35.5. The molecule has 102 heavy (non-hydrogen) atoms. The van der Waals surface area contributed by atoms with E-state index < -0.39 is 22.2 Å². The number of hydrogen-bond acceptors (Lipinski definition) is 4. The molecular weight excluding hydrogens is 1340 g/mol. The average Bonchev–Trinajstić information content (AvgIpc) is 1.40. The molecule has 4 saturated carbocycles. The zero-order valence-corrected chi connectivity index (χ0v) is 61.7. The number of hydrogen-bond donors (Lipinski definition) is 0. The SMILES string of the molecule is CCCCCCOc1c(C)cc(-[s+]2c3ccccc3c3ccccc32)cc1C.Cc1cc(-[s+]2c3ccccc3c3ccccc32)cc(C)c1OCOC1C2CC3CC(C2)CC1C3.O=c1c2ccccc2[s+](-c2ccccc2)c2ccc(C(F)(F)F)cc12.c1ccc(-[s+]2ccc3ccccc32)cc1. The third-order valence-corrected chi connectivity index (χ3v) is 29.8. The number of thiophene rings is 3. The maximum absolute atomic E-state index is 13.1. The van der Waals surface area contributed by atoms with Crippen molar-refractivity contribution in [3.05, 3.63) is 298 Å². The number of halogens is 3. The molecule has 0 radical (unpaired) electrons. The summed E-state index contributed by atoms with van der Waals surface area (Å²) in [4.78, 5) is 17.9.